The van der Waals surface area contributed by atoms with Gasteiger partial charge in [-0.3, -0.25) is 9.69 Å². The Balaban J connectivity index is 1.35. The number of carbonyl (C=O) groups is 1. The van der Waals surface area contributed by atoms with Gasteiger partial charge in [0.05, 0.1) is 6.54 Å². The van der Waals surface area contributed by atoms with Crippen LogP contribution >= 0.6 is 0 Å². The average molecular weight is 384 g/mol. The summed E-state index contributed by atoms with van der Waals surface area (Å²) in [6.45, 7) is 7.65. The monoisotopic (exact) mass is 384 g/mol. The largest absolute Gasteiger partial charge is 0.492 e. The molecule has 3 rings (SSSR count). The van der Waals surface area contributed by atoms with E-state index in [0.29, 0.717) is 13.2 Å². The standard InChI is InChI=1S/C23H29FN2O2/c1-17-13-18(2)15-22(14-17)28-12-9-25-23(27)20-7-10-26(11-8-20)16-19-3-5-21(24)6-4-19/h3-6,13-15,20H,7-12,16H2,1-2H3,(H,25,27). The molecule has 2 aromatic rings. The third kappa shape index (κ3) is 6.06. The predicted octanol–water partition coefficient (Wildman–Crippen LogP) is 3.85. The van der Waals surface area contributed by atoms with Gasteiger partial charge in [0, 0.05) is 12.5 Å². The van der Waals surface area contributed by atoms with Crippen molar-refractivity contribution in [3.63, 3.8) is 0 Å². The van der Waals surface area contributed by atoms with E-state index in [4.69, 9.17) is 4.74 Å². The Morgan fingerprint density at radius 1 is 1.11 bits per heavy atom. The Morgan fingerprint density at radius 3 is 2.39 bits per heavy atom. The van der Waals surface area contributed by atoms with Crippen LogP contribution in [0.15, 0.2) is 42.5 Å². The third-order valence-electron chi connectivity index (χ3n) is 5.14. The number of hydrogen-bond acceptors (Lipinski definition) is 3. The van der Waals surface area contributed by atoms with Gasteiger partial charge in [0.25, 0.3) is 0 Å². The van der Waals surface area contributed by atoms with Crippen molar-refractivity contribution in [3.05, 3.63) is 65.0 Å². The zero-order valence-corrected chi connectivity index (χ0v) is 16.7. The number of rotatable bonds is 7. The Labute approximate surface area is 166 Å². The van der Waals surface area contributed by atoms with Gasteiger partial charge in [-0.15, -0.1) is 0 Å². The van der Waals surface area contributed by atoms with Crippen LogP contribution in [0.1, 0.15) is 29.5 Å². The van der Waals surface area contributed by atoms with Gasteiger partial charge >= 0.3 is 0 Å². The van der Waals surface area contributed by atoms with Crippen LogP contribution in [0.5, 0.6) is 5.75 Å². The molecule has 1 saturated heterocycles. The first-order chi connectivity index (χ1) is 13.5. The molecule has 150 valence electrons. The van der Waals surface area contributed by atoms with Gasteiger partial charge in [0.2, 0.25) is 5.91 Å². The second-order valence-electron chi connectivity index (χ2n) is 7.64. The number of amides is 1. The topological polar surface area (TPSA) is 41.6 Å². The highest BCUT2D eigenvalue weighted by molar-refractivity contribution is 5.78. The maximum atomic E-state index is 13.0. The summed E-state index contributed by atoms with van der Waals surface area (Å²) in [5.74, 6) is 0.817. The first kappa shape index (κ1) is 20.3. The van der Waals surface area contributed by atoms with Crippen LogP contribution < -0.4 is 10.1 Å². The molecule has 0 atom stereocenters. The third-order valence-corrected chi connectivity index (χ3v) is 5.14. The van der Waals surface area contributed by atoms with E-state index in [2.05, 4.69) is 16.3 Å². The number of hydrogen-bond donors (Lipinski definition) is 1. The molecule has 5 heteroatoms. The van der Waals surface area contributed by atoms with Crippen molar-refractivity contribution in [2.45, 2.75) is 33.2 Å². The molecule has 1 N–H and O–H groups in total. The van der Waals surface area contributed by atoms with Gasteiger partial charge in [0.15, 0.2) is 0 Å². The molecule has 0 saturated carbocycles. The van der Waals surface area contributed by atoms with Crippen molar-refractivity contribution < 1.29 is 13.9 Å². The molecule has 1 heterocycles. The van der Waals surface area contributed by atoms with Crippen molar-refractivity contribution in [3.8, 4) is 5.75 Å². The predicted molar refractivity (Wildman–Crippen MR) is 109 cm³/mol. The number of halogens is 1. The van der Waals surface area contributed by atoms with Crippen molar-refractivity contribution in [2.75, 3.05) is 26.2 Å². The highest BCUT2D eigenvalue weighted by Gasteiger charge is 2.24. The molecule has 0 spiro atoms. The van der Waals surface area contributed by atoms with E-state index in [-0.39, 0.29) is 17.6 Å². The van der Waals surface area contributed by atoms with Crippen molar-refractivity contribution >= 4 is 5.91 Å². The van der Waals surface area contributed by atoms with Crippen molar-refractivity contribution in [2.24, 2.45) is 5.92 Å². The van der Waals surface area contributed by atoms with Crippen LogP contribution in [0.4, 0.5) is 4.39 Å². The summed E-state index contributed by atoms with van der Waals surface area (Å²) in [6, 6.07) is 12.8. The van der Waals surface area contributed by atoms with Crippen LogP contribution in [0.3, 0.4) is 0 Å². The number of aryl methyl sites for hydroxylation is 2. The second-order valence-corrected chi connectivity index (χ2v) is 7.64. The van der Waals surface area contributed by atoms with Crippen LogP contribution in [0.25, 0.3) is 0 Å². The van der Waals surface area contributed by atoms with Crippen LogP contribution in [-0.4, -0.2) is 37.0 Å². The van der Waals surface area contributed by atoms with Gasteiger partial charge in [0.1, 0.15) is 18.2 Å². The molecule has 28 heavy (non-hydrogen) atoms. The molecule has 1 aliphatic heterocycles. The van der Waals surface area contributed by atoms with Crippen molar-refractivity contribution in [1.29, 1.82) is 0 Å². The summed E-state index contributed by atoms with van der Waals surface area (Å²) in [5, 5.41) is 3.00. The van der Waals surface area contributed by atoms with E-state index >= 15 is 0 Å². The molecular weight excluding hydrogens is 355 g/mol. The zero-order chi connectivity index (χ0) is 19.9. The van der Waals surface area contributed by atoms with Gasteiger partial charge in [-0.05, 0) is 80.7 Å². The lowest BCUT2D eigenvalue weighted by Gasteiger charge is -2.31. The quantitative estimate of drug-likeness (QED) is 0.738. The zero-order valence-electron chi connectivity index (χ0n) is 16.7. The number of piperidine rings is 1. The van der Waals surface area contributed by atoms with Gasteiger partial charge in [-0.25, -0.2) is 4.39 Å². The summed E-state index contributed by atoms with van der Waals surface area (Å²) < 4.78 is 18.7. The molecule has 0 bridgehead atoms. The molecule has 4 nitrogen and oxygen atoms in total. The number of likely N-dealkylation sites (tertiary alicyclic amines) is 1. The lowest BCUT2D eigenvalue weighted by Crippen LogP contribution is -2.41. The van der Waals surface area contributed by atoms with Gasteiger partial charge in [-0.1, -0.05) is 18.2 Å². The first-order valence-corrected chi connectivity index (χ1v) is 9.95. The number of carbonyl (C=O) groups excluding carboxylic acids is 1. The summed E-state index contributed by atoms with van der Waals surface area (Å²) in [4.78, 5) is 14.7. The molecule has 1 fully saturated rings. The maximum absolute atomic E-state index is 13.0. The fourth-order valence-corrected chi connectivity index (χ4v) is 3.70. The number of benzene rings is 2. The highest BCUT2D eigenvalue weighted by Crippen LogP contribution is 2.19. The SMILES string of the molecule is Cc1cc(C)cc(OCCNC(=O)C2CCN(Cc3ccc(F)cc3)CC2)c1. The minimum absolute atomic E-state index is 0.0608. The fraction of sp³-hybridized carbons (Fsp3) is 0.435. The molecule has 0 aliphatic carbocycles. The molecule has 0 aromatic heterocycles. The minimum atomic E-state index is -0.208. The van der Waals surface area contributed by atoms with Gasteiger partial charge in [-0.2, -0.15) is 0 Å². The van der Waals surface area contributed by atoms with Crippen LogP contribution in [0.2, 0.25) is 0 Å². The van der Waals surface area contributed by atoms with Crippen LogP contribution in [0, 0.1) is 25.6 Å². The second kappa shape index (κ2) is 9.69. The maximum Gasteiger partial charge on any atom is 0.223 e. The van der Waals surface area contributed by atoms with E-state index in [1.807, 2.05) is 38.1 Å². The van der Waals surface area contributed by atoms with Crippen LogP contribution in [-0.2, 0) is 11.3 Å². The summed E-state index contributed by atoms with van der Waals surface area (Å²) in [5.41, 5.74) is 3.45. The van der Waals surface area contributed by atoms with Crippen molar-refractivity contribution in [1.82, 2.24) is 10.2 Å². The first-order valence-electron chi connectivity index (χ1n) is 9.95. The van der Waals surface area contributed by atoms with Gasteiger partial charge < -0.3 is 10.1 Å². The molecule has 0 radical (unpaired) electrons. The Kier molecular flexibility index (Phi) is 7.04. The Bertz CT molecular complexity index is 763. The number of ether oxygens (including phenoxy) is 1. The fourth-order valence-electron chi connectivity index (χ4n) is 3.70. The Hall–Kier alpha value is -2.40. The molecule has 0 unspecified atom stereocenters. The highest BCUT2D eigenvalue weighted by atomic mass is 19.1. The smallest absolute Gasteiger partial charge is 0.223 e. The van der Waals surface area contributed by atoms with E-state index in [9.17, 15) is 9.18 Å². The lowest BCUT2D eigenvalue weighted by molar-refractivity contribution is -0.126. The number of nitrogens with one attached hydrogen (secondary N) is 1. The average Bonchev–Trinajstić information content (AvgIpc) is 2.67. The Morgan fingerprint density at radius 2 is 1.75 bits per heavy atom. The summed E-state index contributed by atoms with van der Waals surface area (Å²) >= 11 is 0. The molecule has 1 amide bonds. The number of nitrogens with zero attached hydrogens (tertiary/aromatic N) is 1. The summed E-state index contributed by atoms with van der Waals surface area (Å²) in [7, 11) is 0. The summed E-state index contributed by atoms with van der Waals surface area (Å²) in [6.07, 6.45) is 1.70. The van der Waals surface area contributed by atoms with E-state index in [1.165, 1.54) is 23.3 Å². The van der Waals surface area contributed by atoms with E-state index in [1.54, 1.807) is 0 Å². The lowest BCUT2D eigenvalue weighted by atomic mass is 9.95. The minimum Gasteiger partial charge on any atom is -0.492 e. The van der Waals surface area contributed by atoms with E-state index in [0.717, 1.165) is 43.8 Å². The normalized spacial score (nSPS) is 15.4. The van der Waals surface area contributed by atoms with E-state index < -0.39 is 0 Å². The molecule has 1 aliphatic rings. The molecular formula is C23H29FN2O2. The molecule has 2 aromatic carbocycles.